The first-order valence-corrected chi connectivity index (χ1v) is 6.17. The van der Waals surface area contributed by atoms with Crippen molar-refractivity contribution in [3.8, 4) is 12.3 Å². The van der Waals surface area contributed by atoms with Crippen LogP contribution in [-0.4, -0.2) is 18.0 Å². The second-order valence-electron chi connectivity index (χ2n) is 6.18. The zero-order chi connectivity index (χ0) is 13.6. The van der Waals surface area contributed by atoms with E-state index in [1.165, 1.54) is 0 Å². The van der Waals surface area contributed by atoms with Crippen molar-refractivity contribution in [2.24, 2.45) is 17.1 Å². The Morgan fingerprint density at radius 2 is 1.94 bits per heavy atom. The van der Waals surface area contributed by atoms with Crippen molar-refractivity contribution in [1.82, 2.24) is 5.32 Å². The summed E-state index contributed by atoms with van der Waals surface area (Å²) in [7, 11) is 0. The van der Waals surface area contributed by atoms with Crippen LogP contribution < -0.4 is 11.1 Å². The van der Waals surface area contributed by atoms with Crippen molar-refractivity contribution < 1.29 is 4.79 Å². The van der Waals surface area contributed by atoms with Crippen molar-refractivity contribution in [3.05, 3.63) is 0 Å². The number of carbonyl (C=O) groups excluding carboxylic acids is 1. The van der Waals surface area contributed by atoms with E-state index < -0.39 is 0 Å². The van der Waals surface area contributed by atoms with Gasteiger partial charge in [-0.1, -0.05) is 40.5 Å². The molecule has 0 saturated carbocycles. The van der Waals surface area contributed by atoms with Crippen LogP contribution in [0.1, 0.15) is 47.5 Å². The number of rotatable bonds is 5. The molecule has 0 aliphatic carbocycles. The highest BCUT2D eigenvalue weighted by Crippen LogP contribution is 2.21. The second kappa shape index (κ2) is 6.66. The first-order chi connectivity index (χ1) is 7.65. The fraction of sp³-hybridized carbons (Fsp3) is 0.786. The lowest BCUT2D eigenvalue weighted by Gasteiger charge is -2.23. The van der Waals surface area contributed by atoms with E-state index in [2.05, 4.69) is 32.0 Å². The molecule has 98 valence electrons. The number of hydrogen-bond acceptors (Lipinski definition) is 2. The predicted octanol–water partition coefficient (Wildman–Crippen LogP) is 1.91. The highest BCUT2D eigenvalue weighted by atomic mass is 16.1. The van der Waals surface area contributed by atoms with Gasteiger partial charge in [-0.25, -0.2) is 0 Å². The summed E-state index contributed by atoms with van der Waals surface area (Å²) in [5.41, 5.74) is 6.08. The van der Waals surface area contributed by atoms with Crippen molar-refractivity contribution in [1.29, 1.82) is 0 Å². The van der Waals surface area contributed by atoms with Crippen LogP contribution in [0.5, 0.6) is 0 Å². The summed E-state index contributed by atoms with van der Waals surface area (Å²) in [6, 6.07) is -0.315. The number of nitrogens with one attached hydrogen (secondary N) is 1. The number of terminal acetylenes is 1. The van der Waals surface area contributed by atoms with Crippen LogP contribution >= 0.6 is 0 Å². The minimum atomic E-state index is -0.204. The monoisotopic (exact) mass is 238 g/mol. The summed E-state index contributed by atoms with van der Waals surface area (Å²) in [5, 5.41) is 2.83. The predicted molar refractivity (Wildman–Crippen MR) is 72.3 cm³/mol. The van der Waals surface area contributed by atoms with Crippen LogP contribution in [0.25, 0.3) is 0 Å². The normalized spacial score (nSPS) is 15.2. The lowest BCUT2D eigenvalue weighted by atomic mass is 9.87. The molecule has 0 heterocycles. The minimum absolute atomic E-state index is 0.0570. The fourth-order valence-electron chi connectivity index (χ4n) is 1.73. The Labute approximate surface area is 106 Å². The first kappa shape index (κ1) is 16.0. The molecule has 2 atom stereocenters. The van der Waals surface area contributed by atoms with Crippen LogP contribution in [0.2, 0.25) is 0 Å². The second-order valence-corrected chi connectivity index (χ2v) is 6.18. The van der Waals surface area contributed by atoms with E-state index >= 15 is 0 Å². The Morgan fingerprint density at radius 3 is 2.29 bits per heavy atom. The zero-order valence-electron chi connectivity index (χ0n) is 11.7. The van der Waals surface area contributed by atoms with Crippen LogP contribution in [0.3, 0.4) is 0 Å². The maximum absolute atomic E-state index is 11.7. The molecule has 3 heteroatoms. The van der Waals surface area contributed by atoms with Gasteiger partial charge in [-0.3, -0.25) is 4.79 Å². The van der Waals surface area contributed by atoms with E-state index in [1.54, 1.807) is 0 Å². The van der Waals surface area contributed by atoms with Crippen molar-refractivity contribution in [2.45, 2.75) is 59.5 Å². The molecule has 0 aromatic heterocycles. The summed E-state index contributed by atoms with van der Waals surface area (Å²) < 4.78 is 0. The largest absolute Gasteiger partial charge is 0.342 e. The van der Waals surface area contributed by atoms with Gasteiger partial charge in [0.05, 0.1) is 6.04 Å². The molecule has 0 radical (unpaired) electrons. The number of carbonyl (C=O) groups is 1. The van der Waals surface area contributed by atoms with E-state index in [0.717, 1.165) is 6.42 Å². The molecule has 0 aromatic rings. The van der Waals surface area contributed by atoms with Crippen LogP contribution in [0, 0.1) is 23.7 Å². The average molecular weight is 238 g/mol. The number of amides is 1. The third-order valence-corrected chi connectivity index (χ3v) is 2.48. The Balaban J connectivity index is 4.15. The molecule has 1 amide bonds. The number of hydrogen-bond donors (Lipinski definition) is 2. The Kier molecular flexibility index (Phi) is 6.26. The molecule has 2 unspecified atom stereocenters. The van der Waals surface area contributed by atoms with E-state index in [0.29, 0.717) is 6.42 Å². The first-order valence-electron chi connectivity index (χ1n) is 6.17. The minimum Gasteiger partial charge on any atom is -0.342 e. The average Bonchev–Trinajstić information content (AvgIpc) is 2.09. The maximum atomic E-state index is 11.7. The molecule has 3 nitrogen and oxygen atoms in total. The Bertz CT molecular complexity index is 284. The summed E-state index contributed by atoms with van der Waals surface area (Å²) in [6.07, 6.45) is 6.52. The smallest absolute Gasteiger partial charge is 0.222 e. The molecule has 0 saturated heterocycles. The van der Waals surface area contributed by atoms with Gasteiger partial charge in [-0.15, -0.1) is 6.42 Å². The van der Waals surface area contributed by atoms with Crippen molar-refractivity contribution in [2.75, 3.05) is 0 Å². The van der Waals surface area contributed by atoms with Crippen LogP contribution in [0.4, 0.5) is 0 Å². The molecule has 17 heavy (non-hydrogen) atoms. The van der Waals surface area contributed by atoms with Gasteiger partial charge >= 0.3 is 0 Å². The third kappa shape index (κ3) is 7.82. The lowest BCUT2D eigenvalue weighted by Crippen LogP contribution is -2.41. The van der Waals surface area contributed by atoms with Gasteiger partial charge in [0.15, 0.2) is 0 Å². The van der Waals surface area contributed by atoms with Gasteiger partial charge in [-0.05, 0) is 17.8 Å². The highest BCUT2D eigenvalue weighted by molar-refractivity contribution is 5.77. The molecule has 0 rings (SSSR count). The lowest BCUT2D eigenvalue weighted by molar-refractivity contribution is -0.122. The molecular weight excluding hydrogens is 212 g/mol. The van der Waals surface area contributed by atoms with Crippen LogP contribution in [-0.2, 0) is 4.79 Å². The third-order valence-electron chi connectivity index (χ3n) is 2.48. The van der Waals surface area contributed by atoms with Crippen molar-refractivity contribution >= 4 is 5.91 Å². The van der Waals surface area contributed by atoms with Crippen LogP contribution in [0.15, 0.2) is 0 Å². The van der Waals surface area contributed by atoms with E-state index in [4.69, 9.17) is 12.2 Å². The maximum Gasteiger partial charge on any atom is 0.222 e. The summed E-state index contributed by atoms with van der Waals surface area (Å²) in [4.78, 5) is 11.7. The summed E-state index contributed by atoms with van der Waals surface area (Å²) in [5.74, 6) is 2.76. The van der Waals surface area contributed by atoms with Gasteiger partial charge < -0.3 is 11.1 Å². The molecular formula is C14H26N2O. The quantitative estimate of drug-likeness (QED) is 0.719. The topological polar surface area (TPSA) is 55.1 Å². The molecule has 0 bridgehead atoms. The summed E-state index contributed by atoms with van der Waals surface area (Å²) >= 11 is 0. The molecule has 0 fully saturated rings. The van der Waals surface area contributed by atoms with Gasteiger partial charge in [-0.2, -0.15) is 0 Å². The fourth-order valence-corrected chi connectivity index (χ4v) is 1.73. The molecule has 3 N–H and O–H groups in total. The highest BCUT2D eigenvalue weighted by Gasteiger charge is 2.20. The van der Waals surface area contributed by atoms with E-state index in [1.807, 2.05) is 13.8 Å². The molecule has 0 spiro atoms. The SMILES string of the molecule is C#CC(NC(=O)CC(N)CC(C)(C)C)C(C)C. The Morgan fingerprint density at radius 1 is 1.41 bits per heavy atom. The molecule has 0 aliphatic heterocycles. The van der Waals surface area contributed by atoms with Gasteiger partial charge in [0.25, 0.3) is 0 Å². The van der Waals surface area contributed by atoms with Gasteiger partial charge in [0.2, 0.25) is 5.91 Å². The summed E-state index contributed by atoms with van der Waals surface area (Å²) in [6.45, 7) is 10.3. The number of nitrogens with two attached hydrogens (primary N) is 1. The van der Waals surface area contributed by atoms with E-state index in [-0.39, 0.29) is 29.3 Å². The molecule has 0 aromatic carbocycles. The molecule has 0 aliphatic rings. The van der Waals surface area contributed by atoms with Gasteiger partial charge in [0, 0.05) is 12.5 Å². The Hall–Kier alpha value is -1.01. The zero-order valence-corrected chi connectivity index (χ0v) is 11.7. The standard InChI is InChI=1S/C14H26N2O/c1-7-12(10(2)3)16-13(17)8-11(15)9-14(4,5)6/h1,10-12H,8-9,15H2,2-6H3,(H,16,17). The van der Waals surface area contributed by atoms with Crippen molar-refractivity contribution in [3.63, 3.8) is 0 Å². The van der Waals surface area contributed by atoms with Gasteiger partial charge in [0.1, 0.15) is 0 Å². The van der Waals surface area contributed by atoms with E-state index in [9.17, 15) is 4.79 Å².